The van der Waals surface area contributed by atoms with Crippen molar-refractivity contribution in [2.75, 3.05) is 23.8 Å². The van der Waals surface area contributed by atoms with Gasteiger partial charge < -0.3 is 9.30 Å². The van der Waals surface area contributed by atoms with Crippen molar-refractivity contribution in [2.45, 2.75) is 32.4 Å². The van der Waals surface area contributed by atoms with E-state index < -0.39 is 27.9 Å². The van der Waals surface area contributed by atoms with Crippen LogP contribution >= 0.6 is 0 Å². The van der Waals surface area contributed by atoms with Crippen molar-refractivity contribution >= 4 is 27.6 Å². The lowest BCUT2D eigenvalue weighted by Crippen LogP contribution is -2.30. The summed E-state index contributed by atoms with van der Waals surface area (Å²) in [5.74, 6) is -0.442. The van der Waals surface area contributed by atoms with Crippen LogP contribution in [0, 0.1) is 11.7 Å². The number of anilines is 1. The molecule has 1 saturated carbocycles. The molecule has 0 unspecified atom stereocenters. The van der Waals surface area contributed by atoms with Gasteiger partial charge in [0, 0.05) is 25.0 Å². The van der Waals surface area contributed by atoms with Gasteiger partial charge in [-0.1, -0.05) is 6.07 Å². The quantitative estimate of drug-likeness (QED) is 0.524. The zero-order valence-electron chi connectivity index (χ0n) is 17.6. The summed E-state index contributed by atoms with van der Waals surface area (Å²) in [6.45, 7) is 2.24. The summed E-state index contributed by atoms with van der Waals surface area (Å²) in [4.78, 5) is 24.4. The number of hydrogen-bond donors (Lipinski definition) is 2. The molecule has 2 fully saturated rings. The lowest BCUT2D eigenvalue weighted by molar-refractivity contribution is -0.117. The third-order valence-corrected chi connectivity index (χ3v) is 6.87. The van der Waals surface area contributed by atoms with Crippen molar-refractivity contribution in [3.8, 4) is 5.75 Å². The van der Waals surface area contributed by atoms with E-state index in [2.05, 4.69) is 10.0 Å². The number of urea groups is 1. The van der Waals surface area contributed by atoms with Crippen LogP contribution in [0.5, 0.6) is 5.75 Å². The molecule has 9 nitrogen and oxygen atoms in total. The Morgan fingerprint density at radius 3 is 2.75 bits per heavy atom. The number of aromatic nitrogens is 1. The van der Waals surface area contributed by atoms with Crippen LogP contribution in [0.4, 0.5) is 14.9 Å². The number of ether oxygens (including phenoxy) is 1. The van der Waals surface area contributed by atoms with Gasteiger partial charge in [0.15, 0.2) is 11.6 Å². The molecule has 0 bridgehead atoms. The first kappa shape index (κ1) is 22.3. The van der Waals surface area contributed by atoms with Crippen LogP contribution in [0.1, 0.15) is 31.4 Å². The van der Waals surface area contributed by atoms with Gasteiger partial charge >= 0.3 is 6.03 Å². The Bertz CT molecular complexity index is 1130. The number of nitrogens with zero attached hydrogens (tertiary/aromatic N) is 2. The predicted molar refractivity (Wildman–Crippen MR) is 115 cm³/mol. The van der Waals surface area contributed by atoms with E-state index in [1.54, 1.807) is 30.0 Å². The third kappa shape index (κ3) is 5.46. The van der Waals surface area contributed by atoms with Crippen LogP contribution in [-0.4, -0.2) is 43.8 Å². The first-order valence-electron chi connectivity index (χ1n) is 10.4. The fourth-order valence-electron chi connectivity index (χ4n) is 3.39. The highest BCUT2D eigenvalue weighted by Crippen LogP contribution is 2.31. The molecule has 1 aliphatic heterocycles. The molecule has 0 spiro atoms. The van der Waals surface area contributed by atoms with E-state index >= 15 is 0 Å². The van der Waals surface area contributed by atoms with Crippen molar-refractivity contribution in [2.24, 2.45) is 5.92 Å². The summed E-state index contributed by atoms with van der Waals surface area (Å²) in [6, 6.07) is 4.92. The molecule has 1 saturated heterocycles. The molecule has 3 amide bonds. The number of amides is 3. The highest BCUT2D eigenvalue weighted by molar-refractivity contribution is 7.89. The van der Waals surface area contributed by atoms with Gasteiger partial charge in [-0.25, -0.2) is 22.3 Å². The Hall–Kier alpha value is -2.92. The third-order valence-electron chi connectivity index (χ3n) is 5.44. The molecule has 2 heterocycles. The largest absolute Gasteiger partial charge is 0.490 e. The maximum Gasteiger partial charge on any atom is 0.329 e. The maximum absolute atomic E-state index is 14.0. The Kier molecular flexibility index (Phi) is 6.20. The van der Waals surface area contributed by atoms with Crippen LogP contribution in [0.2, 0.25) is 0 Å². The van der Waals surface area contributed by atoms with E-state index in [1.165, 1.54) is 23.1 Å². The van der Waals surface area contributed by atoms with Gasteiger partial charge in [0.2, 0.25) is 15.9 Å². The molecule has 1 aromatic heterocycles. The summed E-state index contributed by atoms with van der Waals surface area (Å²) in [5, 5.41) is 2.19. The Morgan fingerprint density at radius 2 is 2.06 bits per heavy atom. The van der Waals surface area contributed by atoms with Gasteiger partial charge in [-0.3, -0.25) is 15.0 Å². The number of imide groups is 1. The first-order chi connectivity index (χ1) is 15.2. The van der Waals surface area contributed by atoms with Crippen LogP contribution in [0.25, 0.3) is 0 Å². The topological polar surface area (TPSA) is 110 Å². The second kappa shape index (κ2) is 8.91. The number of rotatable bonds is 10. The van der Waals surface area contributed by atoms with Crippen molar-refractivity contribution in [1.82, 2.24) is 14.6 Å². The van der Waals surface area contributed by atoms with E-state index in [0.29, 0.717) is 23.8 Å². The summed E-state index contributed by atoms with van der Waals surface area (Å²) >= 11 is 0. The Balaban J connectivity index is 1.33. The molecule has 1 atom stereocenters. The highest BCUT2D eigenvalue weighted by atomic mass is 32.2. The van der Waals surface area contributed by atoms with Crippen LogP contribution in [0.15, 0.2) is 36.7 Å². The summed E-state index contributed by atoms with van der Waals surface area (Å²) < 4.78 is 48.9. The number of benzene rings is 1. The Morgan fingerprint density at radius 1 is 1.28 bits per heavy atom. The lowest BCUT2D eigenvalue weighted by Gasteiger charge is -2.16. The van der Waals surface area contributed by atoms with Gasteiger partial charge in [-0.2, -0.15) is 0 Å². The zero-order valence-corrected chi connectivity index (χ0v) is 18.4. The van der Waals surface area contributed by atoms with E-state index in [0.717, 1.165) is 12.8 Å². The van der Waals surface area contributed by atoms with Crippen LogP contribution < -0.4 is 19.7 Å². The van der Waals surface area contributed by atoms with Crippen molar-refractivity contribution in [3.05, 3.63) is 48.0 Å². The number of carbonyl (C=O) groups is 2. The minimum Gasteiger partial charge on any atom is -0.490 e. The molecule has 2 aliphatic rings. The van der Waals surface area contributed by atoms with E-state index in [1.807, 2.05) is 0 Å². The summed E-state index contributed by atoms with van der Waals surface area (Å²) in [5.41, 5.74) is 1.12. The predicted octanol–water partition coefficient (Wildman–Crippen LogP) is 2.15. The van der Waals surface area contributed by atoms with Crippen molar-refractivity contribution < 1.29 is 27.1 Å². The molecular weight excluding hydrogens is 439 g/mol. The molecule has 11 heteroatoms. The highest BCUT2D eigenvalue weighted by Gasteiger charge is 2.28. The number of hydrogen-bond acceptors (Lipinski definition) is 5. The van der Waals surface area contributed by atoms with E-state index in [-0.39, 0.29) is 30.5 Å². The van der Waals surface area contributed by atoms with E-state index in [4.69, 9.17) is 4.74 Å². The molecule has 1 aromatic carbocycles. The monoisotopic (exact) mass is 464 g/mol. The molecule has 172 valence electrons. The van der Waals surface area contributed by atoms with Gasteiger partial charge in [-0.05, 0) is 49.4 Å². The number of nitrogens with one attached hydrogen (secondary N) is 2. The van der Waals surface area contributed by atoms with Crippen molar-refractivity contribution in [1.29, 1.82) is 0 Å². The van der Waals surface area contributed by atoms with Gasteiger partial charge in [0.05, 0.1) is 18.0 Å². The maximum atomic E-state index is 14.0. The SMILES string of the molecule is C[C@@H](NS(=O)(=O)CCn1ccc(N2CC(=O)NC2=O)c1)c1ccc(F)c(OCC2CC2)c1. The van der Waals surface area contributed by atoms with Gasteiger partial charge in [0.1, 0.15) is 6.54 Å². The molecule has 4 rings (SSSR count). The minimum absolute atomic E-state index is 0.0652. The number of carbonyl (C=O) groups excluding carboxylic acids is 2. The number of aryl methyl sites for hydroxylation is 1. The average molecular weight is 465 g/mol. The normalized spacial score (nSPS) is 17.5. The second-order valence-electron chi connectivity index (χ2n) is 8.15. The molecule has 32 heavy (non-hydrogen) atoms. The molecule has 2 N–H and O–H groups in total. The zero-order chi connectivity index (χ0) is 22.9. The van der Waals surface area contributed by atoms with Crippen LogP contribution in [-0.2, 0) is 21.4 Å². The average Bonchev–Trinajstić information content (AvgIpc) is 3.33. The smallest absolute Gasteiger partial charge is 0.329 e. The summed E-state index contributed by atoms with van der Waals surface area (Å²) in [6.07, 6.45) is 5.43. The van der Waals surface area contributed by atoms with Gasteiger partial charge in [-0.15, -0.1) is 0 Å². The molecular formula is C21H25FN4O5S. The lowest BCUT2D eigenvalue weighted by atomic mass is 10.1. The van der Waals surface area contributed by atoms with E-state index in [9.17, 15) is 22.4 Å². The fourth-order valence-corrected chi connectivity index (χ4v) is 4.63. The summed E-state index contributed by atoms with van der Waals surface area (Å²) in [7, 11) is -3.65. The fraction of sp³-hybridized carbons (Fsp3) is 0.429. The first-order valence-corrected chi connectivity index (χ1v) is 12.0. The molecule has 1 aliphatic carbocycles. The molecule has 2 aromatic rings. The van der Waals surface area contributed by atoms with Crippen LogP contribution in [0.3, 0.4) is 0 Å². The molecule has 0 radical (unpaired) electrons. The Labute approximate surface area is 185 Å². The van der Waals surface area contributed by atoms with Gasteiger partial charge in [0.25, 0.3) is 0 Å². The minimum atomic E-state index is -3.65. The number of sulfonamides is 1. The number of halogens is 1. The second-order valence-corrected chi connectivity index (χ2v) is 10.0. The van der Waals surface area contributed by atoms with Crippen molar-refractivity contribution in [3.63, 3.8) is 0 Å². The standard InChI is InChI=1S/C21H25FN4O5S/c1-14(16-4-5-18(22)19(10-16)31-13-15-2-3-15)24-32(29,30)9-8-25-7-6-17(11-25)26-12-20(27)23-21(26)28/h4-7,10-11,14-15,24H,2-3,8-9,12-13H2,1H3,(H,23,27,28)/t14-/m1/s1.